The van der Waals surface area contributed by atoms with Gasteiger partial charge in [0.25, 0.3) is 0 Å². The SMILES string of the molecule is C#CCSc1ncnc2sc(C)c(-c3ccc(F)cc3)c12. The number of thiophene rings is 1. The van der Waals surface area contributed by atoms with E-state index >= 15 is 0 Å². The summed E-state index contributed by atoms with van der Waals surface area (Å²) in [5, 5.41) is 1.88. The van der Waals surface area contributed by atoms with E-state index in [9.17, 15) is 4.39 Å². The van der Waals surface area contributed by atoms with Gasteiger partial charge in [-0.15, -0.1) is 17.8 Å². The van der Waals surface area contributed by atoms with E-state index in [0.29, 0.717) is 5.75 Å². The van der Waals surface area contributed by atoms with Gasteiger partial charge < -0.3 is 0 Å². The van der Waals surface area contributed by atoms with E-state index in [-0.39, 0.29) is 5.82 Å². The maximum atomic E-state index is 13.1. The number of aromatic nitrogens is 2. The second-order valence-corrected chi connectivity index (χ2v) is 6.56. The molecule has 0 bridgehead atoms. The summed E-state index contributed by atoms with van der Waals surface area (Å²) in [5.41, 5.74) is 2.03. The summed E-state index contributed by atoms with van der Waals surface area (Å²) in [4.78, 5) is 10.8. The van der Waals surface area contributed by atoms with E-state index in [2.05, 4.69) is 15.9 Å². The number of fused-ring (bicyclic) bond motifs is 1. The first kappa shape index (κ1) is 14.1. The molecule has 0 saturated carbocycles. The fourth-order valence-electron chi connectivity index (χ4n) is 2.20. The summed E-state index contributed by atoms with van der Waals surface area (Å²) in [7, 11) is 0. The van der Waals surface area contributed by atoms with Crippen molar-refractivity contribution < 1.29 is 4.39 Å². The Hall–Kier alpha value is -1.90. The molecule has 2 heterocycles. The highest BCUT2D eigenvalue weighted by Gasteiger charge is 2.16. The van der Waals surface area contributed by atoms with Crippen molar-refractivity contribution >= 4 is 33.3 Å². The zero-order chi connectivity index (χ0) is 14.8. The molecule has 0 radical (unpaired) electrons. The van der Waals surface area contributed by atoms with Gasteiger partial charge in [0.1, 0.15) is 22.0 Å². The van der Waals surface area contributed by atoms with E-state index in [1.54, 1.807) is 29.8 Å². The first-order chi connectivity index (χ1) is 10.2. The van der Waals surface area contributed by atoms with E-state index in [4.69, 9.17) is 6.42 Å². The Morgan fingerprint density at radius 2 is 2.05 bits per heavy atom. The predicted octanol–water partition coefficient (Wildman–Crippen LogP) is 4.53. The topological polar surface area (TPSA) is 25.8 Å². The van der Waals surface area contributed by atoms with E-state index < -0.39 is 0 Å². The molecule has 0 fully saturated rings. The molecule has 1 aromatic carbocycles. The lowest BCUT2D eigenvalue weighted by molar-refractivity contribution is 0.628. The van der Waals surface area contributed by atoms with Crippen LogP contribution in [0.15, 0.2) is 35.6 Å². The quantitative estimate of drug-likeness (QED) is 0.403. The van der Waals surface area contributed by atoms with Gasteiger partial charge in [0.2, 0.25) is 0 Å². The molecule has 104 valence electrons. The van der Waals surface area contributed by atoms with Gasteiger partial charge in [0.15, 0.2) is 0 Å². The predicted molar refractivity (Wildman–Crippen MR) is 87.1 cm³/mol. The van der Waals surface area contributed by atoms with Gasteiger partial charge in [0, 0.05) is 10.4 Å². The van der Waals surface area contributed by atoms with E-state index in [0.717, 1.165) is 31.2 Å². The number of aryl methyl sites for hydroxylation is 1. The molecule has 0 spiro atoms. The van der Waals surface area contributed by atoms with Crippen molar-refractivity contribution in [3.63, 3.8) is 0 Å². The lowest BCUT2D eigenvalue weighted by Crippen LogP contribution is -1.87. The second-order valence-electron chi connectivity index (χ2n) is 4.39. The minimum atomic E-state index is -0.242. The third kappa shape index (κ3) is 2.65. The van der Waals surface area contributed by atoms with Crippen LogP contribution in [-0.4, -0.2) is 15.7 Å². The summed E-state index contributed by atoms with van der Waals surface area (Å²) in [5.74, 6) is 2.93. The van der Waals surface area contributed by atoms with Gasteiger partial charge in [-0.25, -0.2) is 14.4 Å². The van der Waals surface area contributed by atoms with Gasteiger partial charge in [-0.1, -0.05) is 29.8 Å². The Morgan fingerprint density at radius 3 is 2.76 bits per heavy atom. The smallest absolute Gasteiger partial charge is 0.128 e. The fourth-order valence-corrected chi connectivity index (χ4v) is 3.96. The number of benzene rings is 1. The molecule has 0 aliphatic carbocycles. The second kappa shape index (κ2) is 5.84. The van der Waals surface area contributed by atoms with Gasteiger partial charge in [-0.2, -0.15) is 0 Å². The number of hydrogen-bond donors (Lipinski definition) is 0. The number of nitrogens with zero attached hydrogens (tertiary/aromatic N) is 2. The van der Waals surface area contributed by atoms with Gasteiger partial charge in [0.05, 0.1) is 11.1 Å². The van der Waals surface area contributed by atoms with Crippen molar-refractivity contribution in [2.24, 2.45) is 0 Å². The van der Waals surface area contributed by atoms with Crippen molar-refractivity contribution in [2.45, 2.75) is 11.9 Å². The third-order valence-corrected chi connectivity index (χ3v) is 4.96. The molecule has 2 aromatic heterocycles. The first-order valence-electron chi connectivity index (χ1n) is 6.27. The lowest BCUT2D eigenvalue weighted by Gasteiger charge is -2.05. The molecule has 0 amide bonds. The Balaban J connectivity index is 2.24. The van der Waals surface area contributed by atoms with Crippen LogP contribution in [0.4, 0.5) is 4.39 Å². The van der Waals surface area contributed by atoms with Crippen LogP contribution < -0.4 is 0 Å². The van der Waals surface area contributed by atoms with Crippen molar-refractivity contribution in [1.82, 2.24) is 9.97 Å². The normalized spacial score (nSPS) is 10.7. The highest BCUT2D eigenvalue weighted by molar-refractivity contribution is 7.99. The molecular weight excluding hydrogens is 303 g/mol. The van der Waals surface area contributed by atoms with E-state index in [1.807, 2.05) is 6.92 Å². The lowest BCUT2D eigenvalue weighted by atomic mass is 10.0. The van der Waals surface area contributed by atoms with Crippen LogP contribution in [0.1, 0.15) is 4.88 Å². The van der Waals surface area contributed by atoms with Crippen LogP contribution in [-0.2, 0) is 0 Å². The maximum Gasteiger partial charge on any atom is 0.128 e. The molecule has 0 atom stereocenters. The first-order valence-corrected chi connectivity index (χ1v) is 8.07. The van der Waals surface area contributed by atoms with E-state index in [1.165, 1.54) is 23.9 Å². The molecule has 0 N–H and O–H groups in total. The van der Waals surface area contributed by atoms with Crippen LogP contribution in [0.25, 0.3) is 21.3 Å². The molecule has 0 aliphatic heterocycles. The van der Waals surface area contributed by atoms with Crippen molar-refractivity contribution in [3.05, 3.63) is 41.3 Å². The monoisotopic (exact) mass is 314 g/mol. The fraction of sp³-hybridized carbons (Fsp3) is 0.125. The Kier molecular flexibility index (Phi) is 3.91. The summed E-state index contributed by atoms with van der Waals surface area (Å²) < 4.78 is 13.1. The van der Waals surface area contributed by atoms with Crippen LogP contribution >= 0.6 is 23.1 Å². The molecule has 0 saturated heterocycles. The number of rotatable bonds is 3. The number of halogens is 1. The number of thioether (sulfide) groups is 1. The highest BCUT2D eigenvalue weighted by Crippen LogP contribution is 2.41. The van der Waals surface area contributed by atoms with Crippen molar-refractivity contribution in [3.8, 4) is 23.5 Å². The van der Waals surface area contributed by atoms with Crippen molar-refractivity contribution in [2.75, 3.05) is 5.75 Å². The Labute approximate surface area is 130 Å². The van der Waals surface area contributed by atoms with Gasteiger partial charge >= 0.3 is 0 Å². The Bertz CT molecular complexity index is 832. The molecule has 2 nitrogen and oxygen atoms in total. The van der Waals surface area contributed by atoms with Crippen LogP contribution in [0.5, 0.6) is 0 Å². The molecule has 21 heavy (non-hydrogen) atoms. The maximum absolute atomic E-state index is 13.1. The summed E-state index contributed by atoms with van der Waals surface area (Å²) in [6, 6.07) is 6.51. The summed E-state index contributed by atoms with van der Waals surface area (Å²) in [6.07, 6.45) is 6.90. The number of hydrogen-bond acceptors (Lipinski definition) is 4. The average Bonchev–Trinajstić information content (AvgIpc) is 2.82. The largest absolute Gasteiger partial charge is 0.229 e. The standard InChI is InChI=1S/C16H11FN2S2/c1-3-8-20-15-14-13(11-4-6-12(17)7-5-11)10(2)21-16(14)19-9-18-15/h1,4-7,9H,8H2,2H3. The minimum Gasteiger partial charge on any atom is -0.229 e. The van der Waals surface area contributed by atoms with Gasteiger partial charge in [-0.3, -0.25) is 0 Å². The third-order valence-electron chi connectivity index (χ3n) is 3.05. The molecular formula is C16H11FN2S2. The zero-order valence-corrected chi connectivity index (χ0v) is 12.9. The minimum absolute atomic E-state index is 0.242. The molecule has 0 aliphatic rings. The molecule has 3 rings (SSSR count). The van der Waals surface area contributed by atoms with Crippen LogP contribution in [0.3, 0.4) is 0 Å². The Morgan fingerprint density at radius 1 is 1.29 bits per heavy atom. The van der Waals surface area contributed by atoms with Crippen LogP contribution in [0, 0.1) is 25.1 Å². The highest BCUT2D eigenvalue weighted by atomic mass is 32.2. The number of terminal acetylenes is 1. The zero-order valence-electron chi connectivity index (χ0n) is 11.3. The molecule has 5 heteroatoms. The average molecular weight is 314 g/mol. The summed E-state index contributed by atoms with van der Waals surface area (Å²) in [6.45, 7) is 2.04. The molecule has 3 aromatic rings. The molecule has 0 unspecified atom stereocenters. The van der Waals surface area contributed by atoms with Crippen LogP contribution in [0.2, 0.25) is 0 Å². The van der Waals surface area contributed by atoms with Gasteiger partial charge in [-0.05, 0) is 24.6 Å². The van der Waals surface area contributed by atoms with Crippen molar-refractivity contribution in [1.29, 1.82) is 0 Å². The summed E-state index contributed by atoms with van der Waals surface area (Å²) >= 11 is 3.14.